The van der Waals surface area contributed by atoms with E-state index in [2.05, 4.69) is 5.32 Å². The fourth-order valence-electron chi connectivity index (χ4n) is 2.02. The first-order valence-electron chi connectivity index (χ1n) is 7.48. The first-order valence-corrected chi connectivity index (χ1v) is 7.48. The molecule has 0 saturated heterocycles. The van der Waals surface area contributed by atoms with Gasteiger partial charge in [0, 0.05) is 0 Å². The molecule has 0 fully saturated rings. The molecule has 2 rings (SSSR count). The first-order chi connectivity index (χ1) is 12.5. The van der Waals surface area contributed by atoms with Crippen molar-refractivity contribution in [3.8, 4) is 17.6 Å². The monoisotopic (exact) mass is 356 g/mol. The average Bonchev–Trinajstić information content (AvgIpc) is 3.16. The summed E-state index contributed by atoms with van der Waals surface area (Å²) in [5.41, 5.74) is 0.423. The smallest absolute Gasteiger partial charge is 0.341 e. The second-order valence-electron chi connectivity index (χ2n) is 5.02. The lowest BCUT2D eigenvalue weighted by molar-refractivity contribution is -0.139. The lowest BCUT2D eigenvalue weighted by atomic mass is 10.1. The standard InChI is InChI=1S/C18H16N2O6/c1-24-16-8-12(4-5-15(16)26-11-17(21)22)7-13(9-19)18(23)20-10-14-3-2-6-25-14/h2-8H,10-11H2,1H3,(H,20,23)(H,21,22)/b13-7+. The molecule has 0 unspecified atom stereocenters. The molecular weight excluding hydrogens is 340 g/mol. The Bertz CT molecular complexity index is 849. The van der Waals surface area contributed by atoms with Crippen molar-refractivity contribution in [3.05, 3.63) is 53.5 Å². The van der Waals surface area contributed by atoms with E-state index < -0.39 is 18.5 Å². The highest BCUT2D eigenvalue weighted by Crippen LogP contribution is 2.29. The van der Waals surface area contributed by atoms with E-state index in [4.69, 9.17) is 19.0 Å². The average molecular weight is 356 g/mol. The molecular formula is C18H16N2O6. The number of aliphatic carboxylic acids is 1. The van der Waals surface area contributed by atoms with E-state index in [1.807, 2.05) is 6.07 Å². The SMILES string of the molecule is COc1cc(/C=C(\C#N)C(=O)NCc2ccco2)ccc1OCC(=O)O. The van der Waals surface area contributed by atoms with Crippen LogP contribution in [0.3, 0.4) is 0 Å². The summed E-state index contributed by atoms with van der Waals surface area (Å²) in [6.45, 7) is -0.347. The summed E-state index contributed by atoms with van der Waals surface area (Å²) >= 11 is 0. The molecule has 8 nitrogen and oxygen atoms in total. The van der Waals surface area contributed by atoms with Crippen LogP contribution in [0.4, 0.5) is 0 Å². The Morgan fingerprint density at radius 1 is 1.35 bits per heavy atom. The Kier molecular flexibility index (Phi) is 6.40. The molecule has 0 bridgehead atoms. The van der Waals surface area contributed by atoms with Gasteiger partial charge in [-0.2, -0.15) is 5.26 Å². The van der Waals surface area contributed by atoms with Gasteiger partial charge in [-0.25, -0.2) is 4.79 Å². The molecule has 0 radical (unpaired) electrons. The molecule has 8 heteroatoms. The summed E-state index contributed by atoms with van der Waals surface area (Å²) in [5, 5.41) is 20.5. The van der Waals surface area contributed by atoms with E-state index >= 15 is 0 Å². The number of hydrogen-bond donors (Lipinski definition) is 2. The fourth-order valence-corrected chi connectivity index (χ4v) is 2.02. The van der Waals surface area contributed by atoms with Crippen LogP contribution in [0.15, 0.2) is 46.6 Å². The molecule has 1 aromatic carbocycles. The highest BCUT2D eigenvalue weighted by atomic mass is 16.5. The molecule has 1 aromatic heterocycles. The summed E-state index contributed by atoms with van der Waals surface area (Å²) in [6.07, 6.45) is 2.88. The zero-order valence-corrected chi connectivity index (χ0v) is 13.9. The number of furan rings is 1. The zero-order valence-electron chi connectivity index (χ0n) is 13.9. The summed E-state index contributed by atoms with van der Waals surface area (Å²) in [6, 6.07) is 9.86. The van der Waals surface area contributed by atoms with Gasteiger partial charge in [-0.3, -0.25) is 4.79 Å². The van der Waals surface area contributed by atoms with Crippen molar-refractivity contribution < 1.29 is 28.6 Å². The molecule has 0 aliphatic heterocycles. The van der Waals surface area contributed by atoms with Gasteiger partial charge in [-0.05, 0) is 35.9 Å². The lowest BCUT2D eigenvalue weighted by Gasteiger charge is -2.10. The number of rotatable bonds is 8. The molecule has 0 atom stereocenters. The summed E-state index contributed by atoms with van der Waals surface area (Å²) in [7, 11) is 1.40. The molecule has 0 saturated carbocycles. The van der Waals surface area contributed by atoms with Crippen molar-refractivity contribution in [2.45, 2.75) is 6.54 Å². The minimum absolute atomic E-state index is 0.0992. The second kappa shape index (κ2) is 8.94. The van der Waals surface area contributed by atoms with E-state index in [9.17, 15) is 14.9 Å². The van der Waals surface area contributed by atoms with Gasteiger partial charge in [-0.1, -0.05) is 6.07 Å². The van der Waals surface area contributed by atoms with Crippen molar-refractivity contribution in [1.29, 1.82) is 5.26 Å². The third-order valence-corrected chi connectivity index (χ3v) is 3.22. The number of carboxylic acids is 1. The van der Waals surface area contributed by atoms with Gasteiger partial charge in [0.05, 0.1) is 19.9 Å². The van der Waals surface area contributed by atoms with Crippen LogP contribution in [0, 0.1) is 11.3 Å². The topological polar surface area (TPSA) is 122 Å². The van der Waals surface area contributed by atoms with Gasteiger partial charge in [-0.15, -0.1) is 0 Å². The normalized spacial score (nSPS) is 10.7. The number of nitriles is 1. The van der Waals surface area contributed by atoms with Crippen LogP contribution in [0.25, 0.3) is 6.08 Å². The van der Waals surface area contributed by atoms with E-state index in [1.54, 1.807) is 18.2 Å². The largest absolute Gasteiger partial charge is 0.493 e. The maximum Gasteiger partial charge on any atom is 0.341 e. The van der Waals surface area contributed by atoms with Gasteiger partial charge < -0.3 is 24.3 Å². The Morgan fingerprint density at radius 2 is 2.15 bits per heavy atom. The third kappa shape index (κ3) is 5.14. The minimum Gasteiger partial charge on any atom is -0.493 e. The maximum atomic E-state index is 12.1. The molecule has 1 heterocycles. The second-order valence-corrected chi connectivity index (χ2v) is 5.02. The highest BCUT2D eigenvalue weighted by molar-refractivity contribution is 6.01. The number of benzene rings is 1. The summed E-state index contributed by atoms with van der Waals surface area (Å²) in [5.74, 6) is -0.566. The van der Waals surface area contributed by atoms with Crippen molar-refractivity contribution >= 4 is 18.0 Å². The Balaban J connectivity index is 2.13. The van der Waals surface area contributed by atoms with Crippen LogP contribution in [0.1, 0.15) is 11.3 Å². The Labute approximate surface area is 149 Å². The lowest BCUT2D eigenvalue weighted by Crippen LogP contribution is -2.23. The van der Waals surface area contributed by atoms with Crippen LogP contribution >= 0.6 is 0 Å². The van der Waals surface area contributed by atoms with Crippen molar-refractivity contribution in [3.63, 3.8) is 0 Å². The number of hydrogen-bond acceptors (Lipinski definition) is 6. The van der Waals surface area contributed by atoms with Gasteiger partial charge in [0.2, 0.25) is 0 Å². The summed E-state index contributed by atoms with van der Waals surface area (Å²) < 4.78 is 15.4. The van der Waals surface area contributed by atoms with Gasteiger partial charge in [0.15, 0.2) is 18.1 Å². The van der Waals surface area contributed by atoms with Crippen molar-refractivity contribution in [2.75, 3.05) is 13.7 Å². The van der Waals surface area contributed by atoms with Crippen LogP contribution < -0.4 is 14.8 Å². The maximum absolute atomic E-state index is 12.1. The van der Waals surface area contributed by atoms with E-state index in [-0.39, 0.29) is 23.6 Å². The molecule has 2 N–H and O–H groups in total. The number of carboxylic acid groups (broad SMARTS) is 1. The van der Waals surface area contributed by atoms with Crippen molar-refractivity contribution in [2.24, 2.45) is 0 Å². The molecule has 26 heavy (non-hydrogen) atoms. The molecule has 0 spiro atoms. The van der Waals surface area contributed by atoms with Crippen molar-refractivity contribution in [1.82, 2.24) is 5.32 Å². The number of methoxy groups -OCH3 is 1. The van der Waals surface area contributed by atoms with Crippen LogP contribution in [-0.2, 0) is 16.1 Å². The van der Waals surface area contributed by atoms with E-state index in [0.717, 1.165) is 0 Å². The number of nitrogens with zero attached hydrogens (tertiary/aromatic N) is 1. The highest BCUT2D eigenvalue weighted by Gasteiger charge is 2.11. The predicted molar refractivity (Wildman–Crippen MR) is 90.3 cm³/mol. The van der Waals surface area contributed by atoms with Gasteiger partial charge in [0.25, 0.3) is 5.91 Å². The number of ether oxygens (including phenoxy) is 2. The van der Waals surface area contributed by atoms with Gasteiger partial charge in [0.1, 0.15) is 17.4 Å². The fraction of sp³-hybridized carbons (Fsp3) is 0.167. The number of amides is 1. The Hall–Kier alpha value is -3.73. The summed E-state index contributed by atoms with van der Waals surface area (Å²) in [4.78, 5) is 22.7. The van der Waals surface area contributed by atoms with Crippen LogP contribution in [0.2, 0.25) is 0 Å². The number of carbonyl (C=O) groups is 2. The first kappa shape index (κ1) is 18.6. The predicted octanol–water partition coefficient (Wildman–Crippen LogP) is 1.97. The zero-order chi connectivity index (χ0) is 18.9. The van der Waals surface area contributed by atoms with Gasteiger partial charge >= 0.3 is 5.97 Å². The molecule has 1 amide bonds. The third-order valence-electron chi connectivity index (χ3n) is 3.22. The van der Waals surface area contributed by atoms with E-state index in [1.165, 1.54) is 31.6 Å². The quantitative estimate of drug-likeness (QED) is 0.548. The van der Waals surface area contributed by atoms with Crippen LogP contribution in [-0.4, -0.2) is 30.7 Å². The molecule has 0 aliphatic rings. The molecule has 2 aromatic rings. The Morgan fingerprint density at radius 3 is 2.77 bits per heavy atom. The van der Waals surface area contributed by atoms with E-state index in [0.29, 0.717) is 11.3 Å². The number of nitrogens with one attached hydrogen (secondary N) is 1. The number of carbonyl (C=O) groups excluding carboxylic acids is 1. The van der Waals surface area contributed by atoms with Crippen LogP contribution in [0.5, 0.6) is 11.5 Å². The molecule has 0 aliphatic carbocycles. The molecule has 134 valence electrons. The minimum atomic E-state index is -1.11.